The number of piperidine rings is 1. The highest BCUT2D eigenvalue weighted by Crippen LogP contribution is 2.28. The molecule has 0 unspecified atom stereocenters. The molecule has 174 valence electrons. The number of carbonyl (C=O) groups is 1. The van der Waals surface area contributed by atoms with Gasteiger partial charge < -0.3 is 14.3 Å². The largest absolute Gasteiger partial charge is 0.371 e. The zero-order valence-electron chi connectivity index (χ0n) is 20.3. The summed E-state index contributed by atoms with van der Waals surface area (Å²) in [6, 6.07) is 16.6. The lowest BCUT2D eigenvalue weighted by molar-refractivity contribution is -0.142. The molecule has 3 aromatic rings. The molecule has 1 aliphatic rings. The van der Waals surface area contributed by atoms with Gasteiger partial charge in [0.1, 0.15) is 6.54 Å². The molecule has 2 heterocycles. The van der Waals surface area contributed by atoms with E-state index in [2.05, 4.69) is 67.0 Å². The van der Waals surface area contributed by atoms with Gasteiger partial charge in [-0.05, 0) is 65.7 Å². The summed E-state index contributed by atoms with van der Waals surface area (Å²) in [7, 11) is 0. The van der Waals surface area contributed by atoms with Gasteiger partial charge in [-0.2, -0.15) is 4.98 Å². The van der Waals surface area contributed by atoms with Crippen LogP contribution in [0.5, 0.6) is 0 Å². The van der Waals surface area contributed by atoms with Crippen LogP contribution < -0.4 is 4.90 Å². The van der Waals surface area contributed by atoms with Gasteiger partial charge in [-0.1, -0.05) is 46.6 Å². The standard InChI is InChI=1S/C27H34N4O2/c1-19-11-13-23(14-12-19)30-15-7-10-22(17-30)26(32)31(27(3,4)5)18-24-28-25(29-33-24)21-9-6-8-20(2)16-21/h6,8-9,11-14,16,22H,7,10,15,17-18H2,1-5H3/t22-/m0/s1. The third kappa shape index (κ3) is 5.44. The predicted octanol–water partition coefficient (Wildman–Crippen LogP) is 5.40. The van der Waals surface area contributed by atoms with E-state index in [9.17, 15) is 4.79 Å². The number of hydrogen-bond donors (Lipinski definition) is 0. The van der Waals surface area contributed by atoms with E-state index in [1.54, 1.807) is 0 Å². The molecule has 1 fully saturated rings. The van der Waals surface area contributed by atoms with E-state index in [1.807, 2.05) is 36.1 Å². The summed E-state index contributed by atoms with van der Waals surface area (Å²) in [5.74, 6) is 1.10. The molecule has 0 bridgehead atoms. The van der Waals surface area contributed by atoms with Crippen LogP contribution in [-0.2, 0) is 11.3 Å². The molecule has 33 heavy (non-hydrogen) atoms. The molecule has 1 amide bonds. The number of aromatic nitrogens is 2. The minimum atomic E-state index is -0.360. The van der Waals surface area contributed by atoms with Gasteiger partial charge in [0.05, 0.1) is 5.92 Å². The van der Waals surface area contributed by atoms with Crippen molar-refractivity contribution >= 4 is 11.6 Å². The Morgan fingerprint density at radius 1 is 1.12 bits per heavy atom. The third-order valence-electron chi connectivity index (χ3n) is 6.28. The molecule has 0 saturated carbocycles. The van der Waals surface area contributed by atoms with Crippen molar-refractivity contribution in [2.45, 2.75) is 59.5 Å². The van der Waals surface area contributed by atoms with Crippen LogP contribution in [0.4, 0.5) is 5.69 Å². The van der Waals surface area contributed by atoms with Crippen molar-refractivity contribution in [3.8, 4) is 11.4 Å². The Kier molecular flexibility index (Phi) is 6.54. The zero-order chi connectivity index (χ0) is 23.6. The SMILES string of the molecule is Cc1ccc(N2CCC[C@H](C(=O)N(Cc3nc(-c4cccc(C)c4)no3)C(C)(C)C)C2)cc1. The lowest BCUT2D eigenvalue weighted by atomic mass is 9.93. The highest BCUT2D eigenvalue weighted by Gasteiger charge is 2.35. The fourth-order valence-electron chi connectivity index (χ4n) is 4.39. The van der Waals surface area contributed by atoms with Crippen LogP contribution in [0.15, 0.2) is 53.1 Å². The maximum absolute atomic E-state index is 13.7. The molecular formula is C27H34N4O2. The molecule has 4 rings (SSSR count). The summed E-state index contributed by atoms with van der Waals surface area (Å²) in [6.45, 7) is 12.3. The molecule has 6 nitrogen and oxygen atoms in total. The van der Waals surface area contributed by atoms with E-state index in [0.717, 1.165) is 37.1 Å². The van der Waals surface area contributed by atoms with Crippen molar-refractivity contribution in [3.05, 3.63) is 65.5 Å². The monoisotopic (exact) mass is 446 g/mol. The van der Waals surface area contributed by atoms with Gasteiger partial charge in [0, 0.05) is 29.9 Å². The van der Waals surface area contributed by atoms with Crippen LogP contribution in [0.3, 0.4) is 0 Å². The van der Waals surface area contributed by atoms with Crippen LogP contribution >= 0.6 is 0 Å². The van der Waals surface area contributed by atoms with Crippen LogP contribution in [0.1, 0.15) is 50.6 Å². The Morgan fingerprint density at radius 2 is 1.88 bits per heavy atom. The minimum Gasteiger partial charge on any atom is -0.371 e. The second kappa shape index (κ2) is 9.38. The molecule has 6 heteroatoms. The van der Waals surface area contributed by atoms with Gasteiger partial charge >= 0.3 is 0 Å². The highest BCUT2D eigenvalue weighted by atomic mass is 16.5. The Bertz CT molecular complexity index is 1100. The van der Waals surface area contributed by atoms with E-state index in [1.165, 1.54) is 11.3 Å². The summed E-state index contributed by atoms with van der Waals surface area (Å²) in [4.78, 5) is 22.5. The van der Waals surface area contributed by atoms with Gasteiger partial charge in [-0.15, -0.1) is 0 Å². The number of carbonyl (C=O) groups excluding carboxylic acids is 1. The van der Waals surface area contributed by atoms with Crippen LogP contribution in [0.2, 0.25) is 0 Å². The average molecular weight is 447 g/mol. The summed E-state index contributed by atoms with van der Waals surface area (Å²) < 4.78 is 5.56. The van der Waals surface area contributed by atoms with Crippen molar-refractivity contribution < 1.29 is 9.32 Å². The highest BCUT2D eigenvalue weighted by molar-refractivity contribution is 5.80. The lowest BCUT2D eigenvalue weighted by Gasteiger charge is -2.40. The minimum absolute atomic E-state index is 0.0570. The van der Waals surface area contributed by atoms with E-state index in [-0.39, 0.29) is 17.4 Å². The van der Waals surface area contributed by atoms with Crippen molar-refractivity contribution in [1.29, 1.82) is 0 Å². The molecule has 0 N–H and O–H groups in total. The average Bonchev–Trinajstić information content (AvgIpc) is 3.26. The first-order chi connectivity index (χ1) is 15.7. The Morgan fingerprint density at radius 3 is 2.58 bits per heavy atom. The van der Waals surface area contributed by atoms with Gasteiger partial charge in [-0.25, -0.2) is 0 Å². The summed E-state index contributed by atoms with van der Waals surface area (Å²) in [5.41, 5.74) is 4.12. The number of nitrogens with zero attached hydrogens (tertiary/aromatic N) is 4. The molecule has 1 saturated heterocycles. The maximum Gasteiger partial charge on any atom is 0.246 e. The molecule has 1 atom stereocenters. The first-order valence-electron chi connectivity index (χ1n) is 11.7. The summed E-state index contributed by atoms with van der Waals surface area (Å²) in [5, 5.41) is 4.16. The molecule has 1 aromatic heterocycles. The number of anilines is 1. The van der Waals surface area contributed by atoms with Crippen LogP contribution in [-0.4, -0.2) is 39.6 Å². The number of aryl methyl sites for hydroxylation is 2. The van der Waals surface area contributed by atoms with E-state index in [4.69, 9.17) is 4.52 Å². The Balaban J connectivity index is 1.50. The Hall–Kier alpha value is -3.15. The fourth-order valence-corrected chi connectivity index (χ4v) is 4.39. The Labute approximate surface area is 196 Å². The summed E-state index contributed by atoms with van der Waals surface area (Å²) in [6.07, 6.45) is 1.90. The molecule has 2 aromatic carbocycles. The lowest BCUT2D eigenvalue weighted by Crippen LogP contribution is -2.51. The van der Waals surface area contributed by atoms with E-state index < -0.39 is 0 Å². The zero-order valence-corrected chi connectivity index (χ0v) is 20.3. The number of benzene rings is 2. The van der Waals surface area contributed by atoms with E-state index in [0.29, 0.717) is 18.3 Å². The second-order valence-electron chi connectivity index (χ2n) is 10.1. The summed E-state index contributed by atoms with van der Waals surface area (Å²) >= 11 is 0. The second-order valence-corrected chi connectivity index (χ2v) is 10.1. The van der Waals surface area contributed by atoms with Gasteiger partial charge in [-0.3, -0.25) is 4.79 Å². The first-order valence-corrected chi connectivity index (χ1v) is 11.7. The van der Waals surface area contributed by atoms with Crippen molar-refractivity contribution in [2.75, 3.05) is 18.0 Å². The van der Waals surface area contributed by atoms with Crippen LogP contribution in [0, 0.1) is 19.8 Å². The van der Waals surface area contributed by atoms with Gasteiger partial charge in [0.15, 0.2) is 0 Å². The molecular weight excluding hydrogens is 412 g/mol. The van der Waals surface area contributed by atoms with Gasteiger partial charge in [0.25, 0.3) is 0 Å². The van der Waals surface area contributed by atoms with Crippen molar-refractivity contribution in [1.82, 2.24) is 15.0 Å². The topological polar surface area (TPSA) is 62.5 Å². The van der Waals surface area contributed by atoms with E-state index >= 15 is 0 Å². The number of rotatable bonds is 5. The maximum atomic E-state index is 13.7. The predicted molar refractivity (Wildman–Crippen MR) is 131 cm³/mol. The van der Waals surface area contributed by atoms with Crippen molar-refractivity contribution in [3.63, 3.8) is 0 Å². The molecule has 0 spiro atoms. The normalized spacial score (nSPS) is 16.6. The molecule has 1 aliphatic heterocycles. The fraction of sp³-hybridized carbons (Fsp3) is 0.444. The van der Waals surface area contributed by atoms with Gasteiger partial charge in [0.2, 0.25) is 17.6 Å². The number of amides is 1. The first kappa shape index (κ1) is 23.0. The smallest absolute Gasteiger partial charge is 0.246 e. The molecule has 0 radical (unpaired) electrons. The van der Waals surface area contributed by atoms with Crippen molar-refractivity contribution in [2.24, 2.45) is 5.92 Å². The number of hydrogen-bond acceptors (Lipinski definition) is 5. The quantitative estimate of drug-likeness (QED) is 0.525. The third-order valence-corrected chi connectivity index (χ3v) is 6.28. The van der Waals surface area contributed by atoms with Crippen LogP contribution in [0.25, 0.3) is 11.4 Å². The molecule has 0 aliphatic carbocycles.